The lowest BCUT2D eigenvalue weighted by atomic mass is 9.92. The number of morpholine rings is 1. The SMILES string of the molecule is Cc1nn(C)cc1-c1ccc(NC(=O)C(=NC(=O)C2(F)CC2)[C@@H]2CCc3ccc(-c4ccnc(N5C[C@@H]6C[C@H]5CO6)c4)cc32)cc1. The highest BCUT2D eigenvalue weighted by Gasteiger charge is 2.51. The number of rotatable bonds is 7. The molecule has 2 saturated heterocycles. The van der Waals surface area contributed by atoms with Gasteiger partial charge in [-0.25, -0.2) is 14.4 Å². The fraction of sp³-hybridized carbons (Fsp3) is 0.361. The van der Waals surface area contributed by atoms with Crippen molar-refractivity contribution in [3.63, 3.8) is 0 Å². The van der Waals surface area contributed by atoms with Crippen molar-refractivity contribution in [1.29, 1.82) is 0 Å². The Kier molecular flexibility index (Phi) is 6.86. The van der Waals surface area contributed by atoms with E-state index in [1.807, 2.05) is 56.7 Å². The Morgan fingerprint density at radius 1 is 1.07 bits per heavy atom. The average molecular weight is 619 g/mol. The van der Waals surface area contributed by atoms with Crippen molar-refractivity contribution in [2.45, 2.75) is 62.8 Å². The normalized spacial score (nSPS) is 22.6. The number of amides is 2. The van der Waals surface area contributed by atoms with E-state index in [0.29, 0.717) is 18.2 Å². The number of nitrogens with one attached hydrogen (secondary N) is 1. The smallest absolute Gasteiger partial charge is 0.283 e. The van der Waals surface area contributed by atoms with Gasteiger partial charge in [0.25, 0.3) is 11.8 Å². The quantitative estimate of drug-likeness (QED) is 0.272. The second-order valence-electron chi connectivity index (χ2n) is 13.0. The molecular weight excluding hydrogens is 583 g/mol. The van der Waals surface area contributed by atoms with Gasteiger partial charge < -0.3 is 15.0 Å². The van der Waals surface area contributed by atoms with Crippen molar-refractivity contribution in [1.82, 2.24) is 14.8 Å². The molecule has 4 heterocycles. The van der Waals surface area contributed by atoms with E-state index >= 15 is 0 Å². The van der Waals surface area contributed by atoms with Crippen molar-refractivity contribution >= 4 is 29.0 Å². The number of alkyl halides is 1. The molecule has 2 aromatic carbocycles. The largest absolute Gasteiger partial charge is 0.374 e. The Labute approximate surface area is 266 Å². The molecule has 0 radical (unpaired) electrons. The maximum Gasteiger partial charge on any atom is 0.283 e. The lowest BCUT2D eigenvalue weighted by Gasteiger charge is -2.28. The van der Waals surface area contributed by atoms with Crippen LogP contribution in [0.25, 0.3) is 22.3 Å². The molecule has 3 fully saturated rings. The van der Waals surface area contributed by atoms with Gasteiger partial charge in [0.05, 0.1) is 24.4 Å². The van der Waals surface area contributed by atoms with Gasteiger partial charge in [-0.1, -0.05) is 30.3 Å². The molecule has 10 heteroatoms. The predicted molar refractivity (Wildman–Crippen MR) is 174 cm³/mol. The molecule has 2 aromatic heterocycles. The van der Waals surface area contributed by atoms with Gasteiger partial charge in [-0.2, -0.15) is 5.10 Å². The number of nitrogens with zero attached hydrogens (tertiary/aromatic N) is 5. The molecule has 2 aliphatic heterocycles. The lowest BCUT2D eigenvalue weighted by Crippen LogP contribution is -2.37. The van der Waals surface area contributed by atoms with Crippen molar-refractivity contribution in [3.05, 3.63) is 83.8 Å². The highest BCUT2D eigenvalue weighted by atomic mass is 19.1. The number of benzene rings is 2. The number of carbonyl (C=O) groups excluding carboxylic acids is 2. The van der Waals surface area contributed by atoms with Crippen molar-refractivity contribution in [3.8, 4) is 22.3 Å². The molecule has 4 aromatic rings. The van der Waals surface area contributed by atoms with E-state index in [1.54, 1.807) is 4.68 Å². The van der Waals surface area contributed by atoms with Crippen LogP contribution in [-0.4, -0.2) is 63.3 Å². The number of hydrogen-bond acceptors (Lipinski definition) is 6. The Morgan fingerprint density at radius 2 is 1.85 bits per heavy atom. The molecule has 2 bridgehead atoms. The predicted octanol–water partition coefficient (Wildman–Crippen LogP) is 5.57. The second kappa shape index (κ2) is 11.0. The third-order valence-electron chi connectivity index (χ3n) is 9.82. The fourth-order valence-electron chi connectivity index (χ4n) is 7.13. The third kappa shape index (κ3) is 5.20. The summed E-state index contributed by atoms with van der Waals surface area (Å²) in [5, 5.41) is 7.35. The average Bonchev–Trinajstić information content (AvgIpc) is 3.47. The summed E-state index contributed by atoms with van der Waals surface area (Å²) >= 11 is 0. The summed E-state index contributed by atoms with van der Waals surface area (Å²) in [6.07, 6.45) is 6.70. The van der Waals surface area contributed by atoms with Crippen LogP contribution in [0.4, 0.5) is 15.9 Å². The van der Waals surface area contributed by atoms with Gasteiger partial charge in [-0.05, 0) is 91.1 Å². The molecule has 0 unspecified atom stereocenters. The maximum absolute atomic E-state index is 14.9. The molecule has 8 rings (SSSR count). The number of halogens is 1. The number of ether oxygens (including phenoxy) is 1. The Morgan fingerprint density at radius 3 is 2.54 bits per heavy atom. The number of hydrogen-bond donors (Lipinski definition) is 1. The van der Waals surface area contributed by atoms with E-state index in [2.05, 4.69) is 49.6 Å². The Balaban J connectivity index is 1.08. The van der Waals surface area contributed by atoms with E-state index < -0.39 is 23.4 Å². The zero-order valence-electron chi connectivity index (χ0n) is 25.9. The molecule has 2 amide bonds. The third-order valence-corrected chi connectivity index (χ3v) is 9.82. The molecule has 1 saturated carbocycles. The van der Waals surface area contributed by atoms with Crippen molar-refractivity contribution in [2.24, 2.45) is 12.0 Å². The zero-order chi connectivity index (χ0) is 31.6. The van der Waals surface area contributed by atoms with Crippen LogP contribution >= 0.6 is 0 Å². The number of aliphatic imine (C=N–C) groups is 1. The van der Waals surface area contributed by atoms with Crippen LogP contribution in [0, 0.1) is 6.92 Å². The van der Waals surface area contributed by atoms with E-state index in [-0.39, 0.29) is 24.7 Å². The van der Waals surface area contributed by atoms with Crippen LogP contribution in [0.5, 0.6) is 0 Å². The molecule has 3 atom stereocenters. The topological polar surface area (TPSA) is 102 Å². The molecule has 4 aliphatic rings. The highest BCUT2D eigenvalue weighted by molar-refractivity contribution is 6.46. The second-order valence-corrected chi connectivity index (χ2v) is 13.0. The molecule has 234 valence electrons. The molecule has 9 nitrogen and oxygen atoms in total. The van der Waals surface area contributed by atoms with Crippen LogP contribution in [-0.2, 0) is 27.8 Å². The van der Waals surface area contributed by atoms with Crippen LogP contribution in [0.15, 0.2) is 72.0 Å². The van der Waals surface area contributed by atoms with Gasteiger partial charge in [0.1, 0.15) is 11.5 Å². The van der Waals surface area contributed by atoms with Crippen LogP contribution in [0.3, 0.4) is 0 Å². The lowest BCUT2D eigenvalue weighted by molar-refractivity contribution is -0.124. The van der Waals surface area contributed by atoms with Gasteiger partial charge in [-0.3, -0.25) is 14.3 Å². The number of carbonyl (C=O) groups is 2. The minimum absolute atomic E-state index is 0.0560. The zero-order valence-corrected chi connectivity index (χ0v) is 25.9. The summed E-state index contributed by atoms with van der Waals surface area (Å²) in [5.74, 6) is -0.873. The first-order valence-corrected chi connectivity index (χ1v) is 16.0. The van der Waals surface area contributed by atoms with E-state index in [4.69, 9.17) is 4.74 Å². The maximum atomic E-state index is 14.9. The van der Waals surface area contributed by atoms with Gasteiger partial charge in [-0.15, -0.1) is 0 Å². The molecule has 1 N–H and O–H groups in total. The summed E-state index contributed by atoms with van der Waals surface area (Å²) in [5.41, 5.74) is 5.60. The number of anilines is 2. The first-order chi connectivity index (χ1) is 22.2. The van der Waals surface area contributed by atoms with Crippen LogP contribution in [0.2, 0.25) is 0 Å². The van der Waals surface area contributed by atoms with Crippen LogP contribution < -0.4 is 10.2 Å². The minimum atomic E-state index is -1.97. The molecule has 0 spiro atoms. The van der Waals surface area contributed by atoms with E-state index in [9.17, 15) is 14.0 Å². The summed E-state index contributed by atoms with van der Waals surface area (Å²) < 4.78 is 22.4. The van der Waals surface area contributed by atoms with Gasteiger partial charge in [0, 0.05) is 43.2 Å². The Bertz CT molecular complexity index is 1900. The Hall–Kier alpha value is -4.70. The number of aromatic nitrogens is 3. The fourth-order valence-corrected chi connectivity index (χ4v) is 7.13. The van der Waals surface area contributed by atoms with Gasteiger partial charge in [0.15, 0.2) is 5.67 Å². The van der Waals surface area contributed by atoms with Gasteiger partial charge in [0.2, 0.25) is 0 Å². The molecule has 2 aliphatic carbocycles. The number of fused-ring (bicyclic) bond motifs is 3. The van der Waals surface area contributed by atoms with Crippen LogP contribution in [0.1, 0.15) is 48.4 Å². The molecular formula is C36H35FN6O3. The highest BCUT2D eigenvalue weighted by Crippen LogP contribution is 2.43. The first kappa shape index (κ1) is 28.8. The summed E-state index contributed by atoms with van der Waals surface area (Å²) in [6, 6.07) is 18.2. The van der Waals surface area contributed by atoms with Gasteiger partial charge >= 0.3 is 0 Å². The minimum Gasteiger partial charge on any atom is -0.374 e. The van der Waals surface area contributed by atoms with E-state index in [0.717, 1.165) is 70.9 Å². The molecule has 46 heavy (non-hydrogen) atoms. The first-order valence-electron chi connectivity index (χ1n) is 16.0. The number of aryl methyl sites for hydroxylation is 3. The van der Waals surface area contributed by atoms with E-state index in [1.165, 1.54) is 0 Å². The summed E-state index contributed by atoms with van der Waals surface area (Å²) in [4.78, 5) is 38.0. The van der Waals surface area contributed by atoms with Crippen molar-refractivity contribution in [2.75, 3.05) is 23.4 Å². The van der Waals surface area contributed by atoms with Crippen molar-refractivity contribution < 1.29 is 18.7 Å². The monoisotopic (exact) mass is 618 g/mol. The summed E-state index contributed by atoms with van der Waals surface area (Å²) in [7, 11) is 1.88. The number of pyridine rings is 1. The standard InChI is InChI=1S/C36H35FN6O3/c1-21-31(19-42(2)41-21)23-5-8-26(9-6-23)39-34(44)33(40-35(45)36(37)12-13-36)29-10-7-22-3-4-24(15-30(22)29)25-11-14-38-32(16-25)43-18-28-17-27(43)20-46-28/h3-6,8-9,11,14-16,19,27-29H,7,10,12-13,17-18,20H2,1-2H3,(H,39,44)/t27-,28-,29+/m0/s1. The summed E-state index contributed by atoms with van der Waals surface area (Å²) in [6.45, 7) is 3.53.